The smallest absolute Gasteiger partial charge is 0.278 e. The molecule has 0 spiro atoms. The van der Waals surface area contributed by atoms with Crippen LogP contribution in [0.4, 0.5) is 14.5 Å². The number of nitrogens with one attached hydrogen (secondary N) is 1. The van der Waals surface area contributed by atoms with Crippen molar-refractivity contribution in [3.63, 3.8) is 0 Å². The van der Waals surface area contributed by atoms with Crippen LogP contribution in [0.3, 0.4) is 0 Å². The largest absolute Gasteiger partial charge is 0.495 e. The molecule has 1 unspecified atom stereocenters. The lowest BCUT2D eigenvalue weighted by atomic mass is 10.2. The average Bonchev–Trinajstić information content (AvgIpc) is 3.11. The lowest BCUT2D eigenvalue weighted by Gasteiger charge is -2.16. The number of nitrogens with zero attached hydrogens (tertiary/aromatic N) is 2. The summed E-state index contributed by atoms with van der Waals surface area (Å²) in [7, 11) is 1.45. The second-order valence-electron chi connectivity index (χ2n) is 5.26. The number of hydrogen-bond donors (Lipinski definition) is 1. The van der Waals surface area contributed by atoms with Crippen LogP contribution in [0.25, 0.3) is 0 Å². The van der Waals surface area contributed by atoms with Crippen LogP contribution in [-0.2, 0) is 4.74 Å². The van der Waals surface area contributed by atoms with E-state index in [4.69, 9.17) is 14.2 Å². The summed E-state index contributed by atoms with van der Waals surface area (Å²) in [5.41, 5.74) is -0.726. The van der Waals surface area contributed by atoms with Gasteiger partial charge in [-0.15, -0.1) is 0 Å². The summed E-state index contributed by atoms with van der Waals surface area (Å²) in [6.45, 7) is 0.933. The summed E-state index contributed by atoms with van der Waals surface area (Å²) < 4.78 is 43.4. The summed E-state index contributed by atoms with van der Waals surface area (Å²) in [6.07, 6.45) is 3.33. The highest BCUT2D eigenvalue weighted by atomic mass is 19.1. The number of ether oxygens (including phenoxy) is 3. The van der Waals surface area contributed by atoms with Gasteiger partial charge >= 0.3 is 0 Å². The van der Waals surface area contributed by atoms with E-state index in [-0.39, 0.29) is 17.5 Å². The first-order valence-electron chi connectivity index (χ1n) is 7.47. The van der Waals surface area contributed by atoms with Crippen molar-refractivity contribution in [3.8, 4) is 11.5 Å². The fourth-order valence-corrected chi connectivity index (χ4v) is 2.29. The van der Waals surface area contributed by atoms with Crippen molar-refractivity contribution in [2.24, 2.45) is 0 Å². The Kier molecular flexibility index (Phi) is 5.03. The number of hydrogen-bond acceptors (Lipinski definition) is 6. The van der Waals surface area contributed by atoms with Crippen molar-refractivity contribution in [2.45, 2.75) is 12.5 Å². The minimum atomic E-state index is -0.992. The van der Waals surface area contributed by atoms with Gasteiger partial charge in [-0.2, -0.15) is 0 Å². The first-order valence-corrected chi connectivity index (χ1v) is 7.47. The van der Waals surface area contributed by atoms with E-state index in [1.807, 2.05) is 0 Å². The lowest BCUT2D eigenvalue weighted by molar-refractivity contribution is 0.100. The molecule has 25 heavy (non-hydrogen) atoms. The number of rotatable bonds is 5. The van der Waals surface area contributed by atoms with E-state index in [1.165, 1.54) is 19.4 Å². The van der Waals surface area contributed by atoms with Crippen molar-refractivity contribution in [1.29, 1.82) is 0 Å². The Labute approximate surface area is 141 Å². The van der Waals surface area contributed by atoms with Gasteiger partial charge in [0.25, 0.3) is 5.91 Å². The van der Waals surface area contributed by atoms with E-state index in [9.17, 15) is 13.6 Å². The van der Waals surface area contributed by atoms with Crippen LogP contribution in [0.1, 0.15) is 16.9 Å². The van der Waals surface area contributed by atoms with E-state index < -0.39 is 23.2 Å². The Morgan fingerprint density at radius 2 is 2.08 bits per heavy atom. The van der Waals surface area contributed by atoms with Crippen molar-refractivity contribution in [2.75, 3.05) is 25.6 Å². The molecule has 7 nitrogen and oxygen atoms in total. The van der Waals surface area contributed by atoms with Crippen LogP contribution in [0.2, 0.25) is 0 Å². The molecule has 2 aromatic rings. The molecule has 0 saturated carbocycles. The van der Waals surface area contributed by atoms with Crippen LogP contribution >= 0.6 is 0 Å². The summed E-state index contributed by atoms with van der Waals surface area (Å²) in [5.74, 6) is -2.28. The predicted octanol–water partition coefficient (Wildman–Crippen LogP) is 2.18. The molecule has 1 atom stereocenters. The van der Waals surface area contributed by atoms with E-state index >= 15 is 0 Å². The Morgan fingerprint density at radius 3 is 2.72 bits per heavy atom. The first-order chi connectivity index (χ1) is 12.1. The molecule has 3 rings (SSSR count). The van der Waals surface area contributed by atoms with Crippen LogP contribution in [0.5, 0.6) is 11.5 Å². The minimum Gasteiger partial charge on any atom is -0.495 e. The quantitative estimate of drug-likeness (QED) is 0.889. The Bertz CT molecular complexity index is 762. The average molecular weight is 351 g/mol. The molecule has 132 valence electrons. The molecule has 1 saturated heterocycles. The van der Waals surface area contributed by atoms with Crippen LogP contribution in [0, 0.1) is 11.6 Å². The van der Waals surface area contributed by atoms with E-state index in [2.05, 4.69) is 15.3 Å². The molecule has 1 fully saturated rings. The Hall–Kier alpha value is -2.81. The standard InChI is InChI=1S/C16H15F2N3O4/c1-23-10-4-13(25-9-2-3-24-8-9)15(20-5-10)16(22)21-14-11(17)6-19-7-12(14)18/h4-7,9H,2-3,8H2,1H3,(H,19,21,22). The number of pyridine rings is 2. The fraction of sp³-hybridized carbons (Fsp3) is 0.312. The van der Waals surface area contributed by atoms with Crippen LogP contribution < -0.4 is 14.8 Å². The Morgan fingerprint density at radius 1 is 1.32 bits per heavy atom. The highest BCUT2D eigenvalue weighted by Gasteiger charge is 2.24. The molecule has 1 amide bonds. The topological polar surface area (TPSA) is 82.6 Å². The maximum absolute atomic E-state index is 13.7. The van der Waals surface area contributed by atoms with Gasteiger partial charge in [0, 0.05) is 12.5 Å². The molecule has 2 aromatic heterocycles. The predicted molar refractivity (Wildman–Crippen MR) is 82.7 cm³/mol. The van der Waals surface area contributed by atoms with Gasteiger partial charge in [0.2, 0.25) is 0 Å². The summed E-state index contributed by atoms with van der Waals surface area (Å²) in [5, 5.41) is 2.15. The molecule has 1 N–H and O–H groups in total. The Balaban J connectivity index is 1.88. The summed E-state index contributed by atoms with van der Waals surface area (Å²) >= 11 is 0. The number of aromatic nitrogens is 2. The molecule has 3 heterocycles. The number of amides is 1. The monoisotopic (exact) mass is 351 g/mol. The van der Waals surface area contributed by atoms with Crippen LogP contribution in [-0.4, -0.2) is 42.3 Å². The SMILES string of the molecule is COc1cnc(C(=O)Nc2c(F)cncc2F)c(OC2CCOC2)c1. The number of methoxy groups -OCH3 is 1. The van der Waals surface area contributed by atoms with Gasteiger partial charge in [0.15, 0.2) is 23.1 Å². The second kappa shape index (κ2) is 7.39. The highest BCUT2D eigenvalue weighted by Crippen LogP contribution is 2.27. The number of carbonyl (C=O) groups is 1. The van der Waals surface area contributed by atoms with Crippen molar-refractivity contribution in [3.05, 3.63) is 42.0 Å². The third kappa shape index (κ3) is 3.82. The maximum Gasteiger partial charge on any atom is 0.278 e. The molecule has 1 aliphatic rings. The van der Waals surface area contributed by atoms with Gasteiger partial charge in [-0.05, 0) is 0 Å². The van der Waals surface area contributed by atoms with Gasteiger partial charge in [0.1, 0.15) is 17.5 Å². The number of anilines is 1. The number of halogens is 2. The lowest BCUT2D eigenvalue weighted by Crippen LogP contribution is -2.21. The van der Waals surface area contributed by atoms with Gasteiger partial charge in [-0.1, -0.05) is 0 Å². The fourth-order valence-electron chi connectivity index (χ4n) is 2.29. The molecule has 0 aromatic carbocycles. The third-order valence-corrected chi connectivity index (χ3v) is 3.55. The van der Waals surface area contributed by atoms with Crippen molar-refractivity contribution < 1.29 is 27.8 Å². The van der Waals surface area contributed by atoms with E-state index in [0.29, 0.717) is 25.4 Å². The summed E-state index contributed by atoms with van der Waals surface area (Å²) in [6, 6.07) is 1.49. The van der Waals surface area contributed by atoms with Gasteiger partial charge in [-0.3, -0.25) is 9.78 Å². The van der Waals surface area contributed by atoms with E-state index in [0.717, 1.165) is 12.4 Å². The van der Waals surface area contributed by atoms with Crippen LogP contribution in [0.15, 0.2) is 24.7 Å². The zero-order chi connectivity index (χ0) is 17.8. The molecule has 0 bridgehead atoms. The van der Waals surface area contributed by atoms with Crippen molar-refractivity contribution >= 4 is 11.6 Å². The molecular formula is C16H15F2N3O4. The normalized spacial score (nSPS) is 16.5. The highest BCUT2D eigenvalue weighted by molar-refractivity contribution is 6.04. The maximum atomic E-state index is 13.7. The van der Waals surface area contributed by atoms with Gasteiger partial charge in [-0.25, -0.2) is 13.8 Å². The van der Waals surface area contributed by atoms with Crippen molar-refractivity contribution in [1.82, 2.24) is 9.97 Å². The van der Waals surface area contributed by atoms with E-state index in [1.54, 1.807) is 0 Å². The minimum absolute atomic E-state index is 0.122. The third-order valence-electron chi connectivity index (χ3n) is 3.55. The molecule has 1 aliphatic heterocycles. The molecular weight excluding hydrogens is 336 g/mol. The first kappa shape index (κ1) is 17.0. The van der Waals surface area contributed by atoms with Gasteiger partial charge < -0.3 is 19.5 Å². The van der Waals surface area contributed by atoms with Gasteiger partial charge in [0.05, 0.1) is 38.9 Å². The zero-order valence-corrected chi connectivity index (χ0v) is 13.3. The number of carbonyl (C=O) groups excluding carboxylic acids is 1. The second-order valence-corrected chi connectivity index (χ2v) is 5.26. The molecule has 0 aliphatic carbocycles. The summed E-state index contributed by atoms with van der Waals surface area (Å²) in [4.78, 5) is 19.8. The zero-order valence-electron chi connectivity index (χ0n) is 13.3. The molecule has 9 heteroatoms. The molecule has 0 radical (unpaired) electrons.